The highest BCUT2D eigenvalue weighted by atomic mass is 35.5. The highest BCUT2D eigenvalue weighted by Gasteiger charge is 2.18. The molecule has 0 aliphatic carbocycles. The summed E-state index contributed by atoms with van der Waals surface area (Å²) in [6, 6.07) is 7.97. The van der Waals surface area contributed by atoms with Gasteiger partial charge < -0.3 is 5.11 Å². The first-order valence-electron chi connectivity index (χ1n) is 5.74. The largest absolute Gasteiger partial charge is 0.389 e. The van der Waals surface area contributed by atoms with Crippen molar-refractivity contribution < 1.29 is 10.0 Å². The minimum absolute atomic E-state index is 0.0740. The summed E-state index contributed by atoms with van der Waals surface area (Å²) >= 11 is 7.12. The van der Waals surface area contributed by atoms with Crippen LogP contribution in [0.25, 0.3) is 0 Å². The molecule has 0 saturated carbocycles. The molecule has 20 heavy (non-hydrogen) atoms. The van der Waals surface area contributed by atoms with Crippen molar-refractivity contribution in [3.63, 3.8) is 0 Å². The molecule has 1 aromatic carbocycles. The number of aliphatic hydroxyl groups is 1. The quantitative estimate of drug-likeness (QED) is 0.685. The molecule has 0 bridgehead atoms. The van der Waals surface area contributed by atoms with E-state index in [9.17, 15) is 15.2 Å². The predicted molar refractivity (Wildman–Crippen MR) is 77.1 cm³/mol. The van der Waals surface area contributed by atoms with Crippen LogP contribution < -0.4 is 0 Å². The standard InChI is InChI=1S/C13H11ClN2O3S/c1-8(17)9-4-5-12(11(7-9)16(18)19)20-13-10(14)3-2-6-15-13/h2-8,17H,1H3/t8-/m0/s1. The Morgan fingerprint density at radius 2 is 2.20 bits per heavy atom. The lowest BCUT2D eigenvalue weighted by molar-refractivity contribution is -0.387. The van der Waals surface area contributed by atoms with Gasteiger partial charge in [-0.2, -0.15) is 0 Å². The van der Waals surface area contributed by atoms with E-state index in [4.69, 9.17) is 11.6 Å². The van der Waals surface area contributed by atoms with E-state index in [-0.39, 0.29) is 5.69 Å². The zero-order valence-corrected chi connectivity index (χ0v) is 12.1. The predicted octanol–water partition coefficient (Wildman–Crippen LogP) is 3.85. The molecule has 2 rings (SSSR count). The number of aliphatic hydroxyl groups excluding tert-OH is 1. The highest BCUT2D eigenvalue weighted by Crippen LogP contribution is 2.37. The Morgan fingerprint density at radius 1 is 1.45 bits per heavy atom. The summed E-state index contributed by atoms with van der Waals surface area (Å²) in [4.78, 5) is 15.2. The number of pyridine rings is 1. The van der Waals surface area contributed by atoms with Gasteiger partial charge in [-0.05, 0) is 30.7 Å². The number of hydrogen-bond donors (Lipinski definition) is 1. The number of benzene rings is 1. The van der Waals surface area contributed by atoms with Gasteiger partial charge >= 0.3 is 0 Å². The lowest BCUT2D eigenvalue weighted by atomic mass is 10.1. The number of nitrogens with zero attached hydrogens (tertiary/aromatic N) is 2. The molecule has 1 N–H and O–H groups in total. The van der Waals surface area contributed by atoms with Crippen LogP contribution >= 0.6 is 23.4 Å². The minimum Gasteiger partial charge on any atom is -0.389 e. The molecule has 104 valence electrons. The second-order valence-corrected chi connectivity index (χ2v) is 5.49. The van der Waals surface area contributed by atoms with E-state index in [1.165, 1.54) is 6.07 Å². The average molecular weight is 311 g/mol. The number of aromatic nitrogens is 1. The first kappa shape index (κ1) is 14.8. The number of nitro benzene ring substituents is 1. The van der Waals surface area contributed by atoms with Gasteiger partial charge in [0.15, 0.2) is 0 Å². The van der Waals surface area contributed by atoms with Crippen molar-refractivity contribution in [2.75, 3.05) is 0 Å². The van der Waals surface area contributed by atoms with Crippen LogP contribution in [0.4, 0.5) is 5.69 Å². The molecule has 1 aromatic heterocycles. The minimum atomic E-state index is -0.758. The normalized spacial score (nSPS) is 12.2. The van der Waals surface area contributed by atoms with Crippen LogP contribution in [0.1, 0.15) is 18.6 Å². The summed E-state index contributed by atoms with van der Waals surface area (Å²) in [7, 11) is 0. The van der Waals surface area contributed by atoms with Crippen molar-refractivity contribution in [1.29, 1.82) is 0 Å². The van der Waals surface area contributed by atoms with Crippen LogP contribution in [0, 0.1) is 10.1 Å². The third-order valence-electron chi connectivity index (χ3n) is 2.59. The Hall–Kier alpha value is -1.63. The maximum atomic E-state index is 11.1. The van der Waals surface area contributed by atoms with E-state index in [1.54, 1.807) is 37.4 Å². The fraction of sp³-hybridized carbons (Fsp3) is 0.154. The van der Waals surface area contributed by atoms with Crippen LogP contribution in [-0.4, -0.2) is 15.0 Å². The molecule has 0 saturated heterocycles. The molecule has 0 amide bonds. The van der Waals surface area contributed by atoms with Crippen molar-refractivity contribution in [1.82, 2.24) is 4.98 Å². The maximum absolute atomic E-state index is 11.1. The van der Waals surface area contributed by atoms with Crippen LogP contribution in [0.5, 0.6) is 0 Å². The van der Waals surface area contributed by atoms with Gasteiger partial charge in [0.1, 0.15) is 5.03 Å². The van der Waals surface area contributed by atoms with Crippen molar-refractivity contribution >= 4 is 29.1 Å². The summed E-state index contributed by atoms with van der Waals surface area (Å²) < 4.78 is 0. The molecule has 0 aliphatic rings. The molecule has 5 nitrogen and oxygen atoms in total. The van der Waals surface area contributed by atoms with Gasteiger partial charge in [0.05, 0.1) is 20.9 Å². The van der Waals surface area contributed by atoms with Crippen molar-refractivity contribution in [2.24, 2.45) is 0 Å². The monoisotopic (exact) mass is 310 g/mol. The summed E-state index contributed by atoms with van der Waals surface area (Å²) in [5.41, 5.74) is 0.420. The van der Waals surface area contributed by atoms with Gasteiger partial charge in [-0.1, -0.05) is 29.4 Å². The maximum Gasteiger partial charge on any atom is 0.283 e. The van der Waals surface area contributed by atoms with Gasteiger partial charge in [0.2, 0.25) is 0 Å². The second kappa shape index (κ2) is 6.21. The summed E-state index contributed by atoms with van der Waals surface area (Å²) in [6.07, 6.45) is 0.815. The molecule has 1 heterocycles. The topological polar surface area (TPSA) is 76.3 Å². The second-order valence-electron chi connectivity index (χ2n) is 4.05. The first-order chi connectivity index (χ1) is 9.49. The van der Waals surface area contributed by atoms with Crippen molar-refractivity contribution in [3.05, 3.63) is 57.2 Å². The Balaban J connectivity index is 2.41. The molecule has 0 radical (unpaired) electrons. The smallest absolute Gasteiger partial charge is 0.283 e. The fourth-order valence-electron chi connectivity index (χ4n) is 1.57. The highest BCUT2D eigenvalue weighted by molar-refractivity contribution is 7.99. The van der Waals surface area contributed by atoms with Gasteiger partial charge in [-0.15, -0.1) is 0 Å². The third kappa shape index (κ3) is 3.27. The van der Waals surface area contributed by atoms with Crippen LogP contribution in [0.2, 0.25) is 5.02 Å². The summed E-state index contributed by atoms with van der Waals surface area (Å²) in [6.45, 7) is 1.56. The lowest BCUT2D eigenvalue weighted by Crippen LogP contribution is -1.96. The van der Waals surface area contributed by atoms with Gasteiger partial charge in [0, 0.05) is 12.3 Å². The van der Waals surface area contributed by atoms with Crippen LogP contribution in [0.15, 0.2) is 46.5 Å². The SMILES string of the molecule is C[C@H](O)c1ccc(Sc2ncccc2Cl)c([N+](=O)[O-])c1. The molecule has 0 unspecified atom stereocenters. The molecule has 0 fully saturated rings. The van der Waals surface area contributed by atoms with Crippen LogP contribution in [-0.2, 0) is 0 Å². The molecule has 0 aliphatic heterocycles. The van der Waals surface area contributed by atoms with E-state index >= 15 is 0 Å². The molecule has 2 aromatic rings. The van der Waals surface area contributed by atoms with Gasteiger partial charge in [-0.25, -0.2) is 4.98 Å². The molecule has 0 spiro atoms. The Morgan fingerprint density at radius 3 is 2.80 bits per heavy atom. The van der Waals surface area contributed by atoms with Crippen molar-refractivity contribution in [3.8, 4) is 0 Å². The van der Waals surface area contributed by atoms with E-state index in [0.29, 0.717) is 20.5 Å². The van der Waals surface area contributed by atoms with Gasteiger partial charge in [-0.3, -0.25) is 10.1 Å². The Kier molecular flexibility index (Phi) is 4.59. The zero-order chi connectivity index (χ0) is 14.7. The molecule has 1 atom stereocenters. The van der Waals surface area contributed by atoms with E-state index in [0.717, 1.165) is 11.8 Å². The number of halogens is 1. The number of nitro groups is 1. The number of rotatable bonds is 4. The molecular weight excluding hydrogens is 300 g/mol. The van der Waals surface area contributed by atoms with E-state index in [1.807, 2.05) is 0 Å². The lowest BCUT2D eigenvalue weighted by Gasteiger charge is -2.08. The molecular formula is C13H11ClN2O3S. The zero-order valence-electron chi connectivity index (χ0n) is 10.5. The molecule has 7 heteroatoms. The van der Waals surface area contributed by atoms with E-state index in [2.05, 4.69) is 4.98 Å². The Labute approximate surface area is 124 Å². The third-order valence-corrected chi connectivity index (χ3v) is 4.09. The average Bonchev–Trinajstić information content (AvgIpc) is 2.41. The summed E-state index contributed by atoms with van der Waals surface area (Å²) in [5.74, 6) is 0. The first-order valence-corrected chi connectivity index (χ1v) is 6.93. The Bertz CT molecular complexity index is 649. The van der Waals surface area contributed by atoms with Gasteiger partial charge in [0.25, 0.3) is 5.69 Å². The number of hydrogen-bond acceptors (Lipinski definition) is 5. The fourth-order valence-corrected chi connectivity index (χ4v) is 2.67. The summed E-state index contributed by atoms with van der Waals surface area (Å²) in [5, 5.41) is 21.6. The van der Waals surface area contributed by atoms with Crippen LogP contribution in [0.3, 0.4) is 0 Å². The van der Waals surface area contributed by atoms with E-state index < -0.39 is 11.0 Å². The van der Waals surface area contributed by atoms with Crippen molar-refractivity contribution in [2.45, 2.75) is 22.9 Å².